The summed E-state index contributed by atoms with van der Waals surface area (Å²) in [7, 11) is 0. The van der Waals surface area contributed by atoms with Crippen LogP contribution in [0.1, 0.15) is 24.0 Å². The fraction of sp³-hybridized carbons (Fsp3) is 0.222. The lowest BCUT2D eigenvalue weighted by Gasteiger charge is -2.14. The van der Waals surface area contributed by atoms with Crippen LogP contribution in [0.2, 0.25) is 0 Å². The molecule has 0 aliphatic rings. The molecular formula is C18H12ClF6N3O4. The summed E-state index contributed by atoms with van der Waals surface area (Å²) in [5.41, 5.74) is -5.43. The maximum Gasteiger partial charge on any atom is 0.416 e. The lowest BCUT2D eigenvalue weighted by molar-refractivity contribution is -0.143. The number of carboxylic acid groups (broad SMARTS) is 1. The molecule has 2 heterocycles. The summed E-state index contributed by atoms with van der Waals surface area (Å²) in [5, 5.41) is 22.0. The molecule has 0 aliphatic heterocycles. The summed E-state index contributed by atoms with van der Waals surface area (Å²) in [4.78, 5) is 27.0. The highest BCUT2D eigenvalue weighted by atomic mass is 35.5. The van der Waals surface area contributed by atoms with Crippen LogP contribution in [0.15, 0.2) is 35.4 Å². The van der Waals surface area contributed by atoms with Gasteiger partial charge in [0.2, 0.25) is 5.43 Å². The Morgan fingerprint density at radius 2 is 1.50 bits per heavy atom. The fourth-order valence-corrected chi connectivity index (χ4v) is 2.89. The first-order valence-corrected chi connectivity index (χ1v) is 8.39. The number of aliphatic hydroxyl groups excluding tert-OH is 1. The molecule has 7 nitrogen and oxygen atoms in total. The number of fused-ring (bicyclic) bond motifs is 1. The second kappa shape index (κ2) is 8.65. The van der Waals surface area contributed by atoms with Crippen molar-refractivity contribution in [3.63, 3.8) is 0 Å². The van der Waals surface area contributed by atoms with Gasteiger partial charge in [-0.05, 0) is 29.8 Å². The largest absolute Gasteiger partial charge is 0.510 e. The van der Waals surface area contributed by atoms with Gasteiger partial charge in [-0.3, -0.25) is 9.59 Å². The zero-order valence-corrected chi connectivity index (χ0v) is 16.3. The minimum absolute atomic E-state index is 0. The second-order valence-electron chi connectivity index (χ2n) is 6.40. The first kappa shape index (κ1) is 24.9. The van der Waals surface area contributed by atoms with Crippen LogP contribution in [0.25, 0.3) is 22.5 Å². The molecular weight excluding hydrogens is 472 g/mol. The van der Waals surface area contributed by atoms with Crippen molar-refractivity contribution in [3.8, 4) is 11.1 Å². The van der Waals surface area contributed by atoms with Crippen molar-refractivity contribution in [2.75, 3.05) is 0 Å². The Morgan fingerprint density at radius 1 is 0.938 bits per heavy atom. The lowest BCUT2D eigenvalue weighted by atomic mass is 9.99. The number of alkyl halides is 6. The minimum atomic E-state index is -5.09. The van der Waals surface area contributed by atoms with Crippen LogP contribution in [0.5, 0.6) is 0 Å². The first-order chi connectivity index (χ1) is 14.3. The van der Waals surface area contributed by atoms with Gasteiger partial charge in [0.25, 0.3) is 0 Å². The Balaban J connectivity index is 0.00000363. The molecule has 1 aromatic carbocycles. The summed E-state index contributed by atoms with van der Waals surface area (Å²) in [6.45, 7) is 0. The summed E-state index contributed by atoms with van der Waals surface area (Å²) < 4.78 is 79.7. The van der Waals surface area contributed by atoms with E-state index in [1.807, 2.05) is 0 Å². The second-order valence-corrected chi connectivity index (χ2v) is 6.40. The number of aromatic nitrogens is 3. The lowest BCUT2D eigenvalue weighted by Crippen LogP contribution is -2.34. The number of carbonyl (C=O) groups is 1. The number of pyridine rings is 1. The van der Waals surface area contributed by atoms with Gasteiger partial charge < -0.3 is 10.2 Å². The van der Waals surface area contributed by atoms with Crippen LogP contribution >= 0.6 is 12.4 Å². The first-order valence-electron chi connectivity index (χ1n) is 8.39. The molecule has 0 atom stereocenters. The average molecular weight is 484 g/mol. The normalized spacial score (nSPS) is 13.1. The summed E-state index contributed by atoms with van der Waals surface area (Å²) in [6, 6.07) is 1.53. The van der Waals surface area contributed by atoms with E-state index >= 15 is 0 Å². The molecule has 0 saturated heterocycles. The third-order valence-corrected chi connectivity index (χ3v) is 4.26. The van der Waals surface area contributed by atoms with Crippen LogP contribution in [0.3, 0.4) is 0 Å². The molecule has 3 rings (SSSR count). The molecule has 14 heteroatoms. The van der Waals surface area contributed by atoms with E-state index in [9.17, 15) is 41.0 Å². The Morgan fingerprint density at radius 3 is 2.00 bits per heavy atom. The van der Waals surface area contributed by atoms with Crippen molar-refractivity contribution < 1.29 is 41.4 Å². The van der Waals surface area contributed by atoms with E-state index < -0.39 is 64.4 Å². The quantitative estimate of drug-likeness (QED) is 0.551. The van der Waals surface area contributed by atoms with Crippen LogP contribution in [-0.4, -0.2) is 30.8 Å². The Bertz CT molecular complexity index is 1250. The number of hydrogen-bond donors (Lipinski definition) is 2. The number of rotatable bonds is 4. The zero-order chi connectivity index (χ0) is 23.1. The van der Waals surface area contributed by atoms with Crippen LogP contribution in [0.4, 0.5) is 26.3 Å². The number of halogens is 7. The van der Waals surface area contributed by atoms with Crippen molar-refractivity contribution in [2.24, 2.45) is 0 Å². The molecule has 2 N–H and O–H groups in total. The third-order valence-electron chi connectivity index (χ3n) is 4.26. The van der Waals surface area contributed by atoms with Crippen LogP contribution in [0, 0.1) is 0 Å². The van der Waals surface area contributed by atoms with Crippen molar-refractivity contribution in [2.45, 2.75) is 25.2 Å². The molecule has 0 spiro atoms. The third kappa shape index (κ3) is 4.93. The summed E-state index contributed by atoms with van der Waals surface area (Å²) in [6.07, 6.45) is -10.3. The average Bonchev–Trinajstić information content (AvgIpc) is 3.13. The van der Waals surface area contributed by atoms with Gasteiger partial charge in [-0.2, -0.15) is 31.4 Å². The summed E-state index contributed by atoms with van der Waals surface area (Å²) >= 11 is 0. The highest BCUT2D eigenvalue weighted by molar-refractivity contribution is 5.85. The molecule has 0 radical (unpaired) electrons. The van der Waals surface area contributed by atoms with Gasteiger partial charge in [-0.25, -0.2) is 9.50 Å². The molecule has 3 aromatic rings. The number of hydrogen-bond acceptors (Lipinski definition) is 5. The minimum Gasteiger partial charge on any atom is -0.510 e. The molecule has 172 valence electrons. The number of aliphatic hydroxyl groups is 1. The topological polar surface area (TPSA) is 105 Å². The van der Waals surface area contributed by atoms with Gasteiger partial charge in [-0.1, -0.05) is 0 Å². The Hall–Kier alpha value is -3.35. The molecule has 0 saturated carbocycles. The highest BCUT2D eigenvalue weighted by Gasteiger charge is 2.37. The molecule has 0 fully saturated rings. The molecule has 2 aromatic heterocycles. The van der Waals surface area contributed by atoms with Crippen molar-refractivity contribution >= 4 is 29.8 Å². The number of aliphatic carboxylic acids is 1. The van der Waals surface area contributed by atoms with E-state index in [-0.39, 0.29) is 29.7 Å². The molecule has 32 heavy (non-hydrogen) atoms. The number of nitrogens with zero attached hydrogens (tertiary/aromatic N) is 3. The van der Waals surface area contributed by atoms with Gasteiger partial charge in [-0.15, -0.1) is 12.4 Å². The van der Waals surface area contributed by atoms with Gasteiger partial charge in [0, 0.05) is 12.0 Å². The van der Waals surface area contributed by atoms with Gasteiger partial charge in [0.05, 0.1) is 17.5 Å². The Kier molecular flexibility index (Phi) is 6.73. The van der Waals surface area contributed by atoms with Gasteiger partial charge in [0.15, 0.2) is 11.0 Å². The molecule has 0 unspecified atom stereocenters. The van der Waals surface area contributed by atoms with E-state index in [1.165, 1.54) is 0 Å². The Labute approximate surface area is 180 Å². The van der Waals surface area contributed by atoms with Crippen LogP contribution in [-0.2, 0) is 17.1 Å². The van der Waals surface area contributed by atoms with Crippen molar-refractivity contribution in [1.82, 2.24) is 14.6 Å². The maximum atomic E-state index is 13.2. The van der Waals surface area contributed by atoms with E-state index in [0.717, 1.165) is 10.8 Å². The smallest absolute Gasteiger partial charge is 0.416 e. The van der Waals surface area contributed by atoms with E-state index in [0.29, 0.717) is 18.2 Å². The zero-order valence-electron chi connectivity index (χ0n) is 15.5. The predicted octanol–water partition coefficient (Wildman–Crippen LogP) is 3.47. The molecule has 0 amide bonds. The van der Waals surface area contributed by atoms with Crippen LogP contribution < -0.4 is 10.8 Å². The maximum absolute atomic E-state index is 13.2. The van der Waals surface area contributed by atoms with Crippen molar-refractivity contribution in [3.05, 3.63) is 57.3 Å². The molecule has 0 aliphatic carbocycles. The predicted molar refractivity (Wildman–Crippen MR) is 100 cm³/mol. The standard InChI is InChI=1S/C18H11F6N3O4.ClH/c19-17(20,21)9-3-8(4-10(5-9)18(22,23)24)11-6-13(29)15(12(28)1-2-14(30)31)27-16(11)25-7-26-27;/h3-7,28H,1-2H2,(H,30,31);1H. The highest BCUT2D eigenvalue weighted by Crippen LogP contribution is 2.38. The SMILES string of the molecule is Cl.O=C(O)CCC(O)=c1c(=O)cc(-c2cc(C(F)(F)F)cc(C(F)(F)F)c2)c2ncnn12. The van der Waals surface area contributed by atoms with E-state index in [1.54, 1.807) is 0 Å². The summed E-state index contributed by atoms with van der Waals surface area (Å²) in [5.74, 6) is -1.94. The molecule has 0 bridgehead atoms. The van der Waals surface area contributed by atoms with E-state index in [4.69, 9.17) is 5.11 Å². The monoisotopic (exact) mass is 483 g/mol. The fourth-order valence-electron chi connectivity index (χ4n) is 2.89. The number of benzene rings is 1. The number of carboxylic acids is 1. The van der Waals surface area contributed by atoms with Gasteiger partial charge in [0.1, 0.15) is 12.1 Å². The van der Waals surface area contributed by atoms with Crippen molar-refractivity contribution in [1.29, 1.82) is 0 Å². The van der Waals surface area contributed by atoms with E-state index in [2.05, 4.69) is 10.1 Å². The van der Waals surface area contributed by atoms with Gasteiger partial charge >= 0.3 is 18.3 Å².